The van der Waals surface area contributed by atoms with E-state index >= 15 is 0 Å². The molecule has 1 aromatic heterocycles. The van der Waals surface area contributed by atoms with E-state index in [1.165, 1.54) is 0 Å². The summed E-state index contributed by atoms with van der Waals surface area (Å²) in [6, 6.07) is 5.87. The number of benzene rings is 1. The molecule has 18 heavy (non-hydrogen) atoms. The van der Waals surface area contributed by atoms with Gasteiger partial charge in [0.15, 0.2) is 4.77 Å². The van der Waals surface area contributed by atoms with E-state index in [0.717, 1.165) is 15.5 Å². The van der Waals surface area contributed by atoms with Crippen LogP contribution in [0.3, 0.4) is 0 Å². The molecule has 0 unspecified atom stereocenters. The lowest BCUT2D eigenvalue weighted by atomic mass is 10.00. The van der Waals surface area contributed by atoms with E-state index in [2.05, 4.69) is 20.9 Å². The molecule has 0 aliphatic heterocycles. The van der Waals surface area contributed by atoms with Gasteiger partial charge in [-0.2, -0.15) is 0 Å². The van der Waals surface area contributed by atoms with Crippen molar-refractivity contribution in [3.63, 3.8) is 0 Å². The predicted octanol–water partition coefficient (Wildman–Crippen LogP) is 3.07. The molecule has 2 aromatic rings. The number of carbonyl (C=O) groups is 1. The van der Waals surface area contributed by atoms with Crippen LogP contribution in [0.1, 0.15) is 20.3 Å². The quantitative estimate of drug-likeness (QED) is 0.851. The maximum atomic E-state index is 11.2. The van der Waals surface area contributed by atoms with Gasteiger partial charge in [-0.25, -0.2) is 0 Å². The number of aromatic amines is 1. The van der Waals surface area contributed by atoms with Crippen molar-refractivity contribution in [1.82, 2.24) is 9.55 Å². The fraction of sp³-hybridized carbons (Fsp3) is 0.333. The molecule has 0 fully saturated rings. The van der Waals surface area contributed by atoms with Crippen molar-refractivity contribution in [2.75, 3.05) is 0 Å². The minimum absolute atomic E-state index is 0.240. The number of fused-ring (bicyclic) bond motifs is 1. The number of imidazole rings is 1. The lowest BCUT2D eigenvalue weighted by Gasteiger charge is -2.26. The molecule has 0 saturated heterocycles. The van der Waals surface area contributed by atoms with Gasteiger partial charge in [0, 0.05) is 10.9 Å². The van der Waals surface area contributed by atoms with Crippen LogP contribution in [0.4, 0.5) is 0 Å². The van der Waals surface area contributed by atoms with Crippen LogP contribution in [0, 0.1) is 4.77 Å². The molecular weight excluding hydrogens is 314 g/mol. The van der Waals surface area contributed by atoms with Crippen molar-refractivity contribution in [1.29, 1.82) is 0 Å². The van der Waals surface area contributed by atoms with Crippen LogP contribution in [0.25, 0.3) is 11.0 Å². The molecule has 1 aromatic carbocycles. The summed E-state index contributed by atoms with van der Waals surface area (Å²) in [5.74, 6) is -0.339. The van der Waals surface area contributed by atoms with Crippen LogP contribution < -0.4 is 5.73 Å². The molecule has 0 aliphatic rings. The van der Waals surface area contributed by atoms with E-state index in [9.17, 15) is 4.79 Å². The summed E-state index contributed by atoms with van der Waals surface area (Å²) in [6.07, 6.45) is 0.240. The SMILES string of the molecule is CC(C)(CC(N)=O)n1c(=S)[nH]c2cc(Br)ccc21. The third-order valence-corrected chi connectivity index (χ3v) is 3.63. The Labute approximate surface area is 118 Å². The predicted molar refractivity (Wildman–Crippen MR) is 78.0 cm³/mol. The van der Waals surface area contributed by atoms with Gasteiger partial charge in [0.2, 0.25) is 5.91 Å². The van der Waals surface area contributed by atoms with Crippen LogP contribution in [0.2, 0.25) is 0 Å². The second-order valence-corrected chi connectivity index (χ2v) is 6.18. The first-order chi connectivity index (χ1) is 8.31. The molecule has 3 N–H and O–H groups in total. The summed E-state index contributed by atoms with van der Waals surface area (Å²) in [7, 11) is 0. The molecule has 0 radical (unpaired) electrons. The van der Waals surface area contributed by atoms with Crippen molar-refractivity contribution < 1.29 is 4.79 Å². The molecular formula is C12H14BrN3OS. The van der Waals surface area contributed by atoms with Gasteiger partial charge < -0.3 is 15.3 Å². The molecule has 1 heterocycles. The zero-order chi connectivity index (χ0) is 13.5. The highest BCUT2D eigenvalue weighted by atomic mass is 79.9. The van der Waals surface area contributed by atoms with Crippen molar-refractivity contribution in [2.45, 2.75) is 25.8 Å². The number of nitrogens with two attached hydrogens (primary N) is 1. The number of primary amides is 1. The van der Waals surface area contributed by atoms with E-state index in [1.807, 2.05) is 36.6 Å². The van der Waals surface area contributed by atoms with E-state index < -0.39 is 5.54 Å². The molecule has 0 aliphatic carbocycles. The molecule has 0 saturated carbocycles. The van der Waals surface area contributed by atoms with Gasteiger partial charge in [-0.15, -0.1) is 0 Å². The van der Waals surface area contributed by atoms with Crippen molar-refractivity contribution in [3.8, 4) is 0 Å². The van der Waals surface area contributed by atoms with Gasteiger partial charge in [-0.05, 0) is 44.3 Å². The average Bonchev–Trinajstić information content (AvgIpc) is 2.51. The van der Waals surface area contributed by atoms with E-state index in [1.54, 1.807) is 0 Å². The molecule has 2 rings (SSSR count). The fourth-order valence-corrected chi connectivity index (χ4v) is 3.01. The monoisotopic (exact) mass is 327 g/mol. The first kappa shape index (κ1) is 13.3. The minimum Gasteiger partial charge on any atom is -0.370 e. The molecule has 1 amide bonds. The van der Waals surface area contributed by atoms with Gasteiger partial charge in [-0.3, -0.25) is 4.79 Å². The normalized spacial score (nSPS) is 11.9. The summed E-state index contributed by atoms with van der Waals surface area (Å²) in [5, 5.41) is 0. The Kier molecular flexibility index (Phi) is 3.33. The van der Waals surface area contributed by atoms with Crippen molar-refractivity contribution >= 4 is 45.1 Å². The van der Waals surface area contributed by atoms with Crippen molar-refractivity contribution in [2.24, 2.45) is 5.73 Å². The number of nitrogens with zero attached hydrogens (tertiary/aromatic N) is 1. The third kappa shape index (κ3) is 2.35. The number of H-pyrrole nitrogens is 1. The Hall–Kier alpha value is -1.14. The first-order valence-corrected chi connectivity index (χ1v) is 6.70. The summed E-state index contributed by atoms with van der Waals surface area (Å²) in [4.78, 5) is 14.3. The molecule has 0 atom stereocenters. The lowest BCUT2D eigenvalue weighted by molar-refractivity contribution is -0.119. The number of nitrogens with one attached hydrogen (secondary N) is 1. The number of carbonyl (C=O) groups excluding carboxylic acids is 1. The molecule has 0 spiro atoms. The Morgan fingerprint density at radius 1 is 1.56 bits per heavy atom. The molecule has 6 heteroatoms. The molecule has 0 bridgehead atoms. The highest BCUT2D eigenvalue weighted by molar-refractivity contribution is 9.10. The van der Waals surface area contributed by atoms with Crippen molar-refractivity contribution in [3.05, 3.63) is 27.4 Å². The van der Waals surface area contributed by atoms with Crippen LogP contribution in [0.5, 0.6) is 0 Å². The average molecular weight is 328 g/mol. The maximum Gasteiger partial charge on any atom is 0.219 e. The first-order valence-electron chi connectivity index (χ1n) is 5.50. The van der Waals surface area contributed by atoms with E-state index in [-0.39, 0.29) is 12.3 Å². The van der Waals surface area contributed by atoms with E-state index in [4.69, 9.17) is 18.0 Å². The zero-order valence-corrected chi connectivity index (χ0v) is 12.6. The Balaban J connectivity index is 2.67. The fourth-order valence-electron chi connectivity index (χ4n) is 2.19. The number of halogens is 1. The minimum atomic E-state index is -0.449. The highest BCUT2D eigenvalue weighted by Gasteiger charge is 2.25. The third-order valence-electron chi connectivity index (χ3n) is 2.86. The second-order valence-electron chi connectivity index (χ2n) is 4.88. The van der Waals surface area contributed by atoms with Gasteiger partial charge in [0.25, 0.3) is 0 Å². The second kappa shape index (κ2) is 4.51. The van der Waals surface area contributed by atoms with E-state index in [0.29, 0.717) is 4.77 Å². The smallest absolute Gasteiger partial charge is 0.219 e. The summed E-state index contributed by atoms with van der Waals surface area (Å²) >= 11 is 8.76. The summed E-state index contributed by atoms with van der Waals surface area (Å²) in [5.41, 5.74) is 6.75. The zero-order valence-electron chi connectivity index (χ0n) is 10.2. The Morgan fingerprint density at radius 3 is 2.83 bits per heavy atom. The largest absolute Gasteiger partial charge is 0.370 e. The topological polar surface area (TPSA) is 63.8 Å². The van der Waals surface area contributed by atoms with Crippen LogP contribution in [-0.2, 0) is 10.3 Å². The summed E-state index contributed by atoms with van der Waals surface area (Å²) in [6.45, 7) is 3.89. The van der Waals surface area contributed by atoms with Gasteiger partial charge in [0.05, 0.1) is 16.6 Å². The standard InChI is InChI=1S/C12H14BrN3OS/c1-12(2,6-10(14)17)16-9-4-3-7(13)5-8(9)15-11(16)18/h3-5H,6H2,1-2H3,(H2,14,17)(H,15,18). The maximum absolute atomic E-state index is 11.2. The van der Waals surface area contributed by atoms with Crippen LogP contribution in [0.15, 0.2) is 22.7 Å². The number of hydrogen-bond donors (Lipinski definition) is 2. The van der Waals surface area contributed by atoms with Crippen LogP contribution in [-0.4, -0.2) is 15.5 Å². The van der Waals surface area contributed by atoms with Crippen LogP contribution >= 0.6 is 28.1 Å². The Bertz CT molecular complexity index is 672. The van der Waals surface area contributed by atoms with Gasteiger partial charge in [-0.1, -0.05) is 15.9 Å². The number of hydrogen-bond acceptors (Lipinski definition) is 2. The summed E-state index contributed by atoms with van der Waals surface area (Å²) < 4.78 is 3.51. The number of amides is 1. The molecule has 96 valence electrons. The van der Waals surface area contributed by atoms with Gasteiger partial charge in [0.1, 0.15) is 0 Å². The number of aromatic nitrogens is 2. The molecule has 4 nitrogen and oxygen atoms in total. The van der Waals surface area contributed by atoms with Gasteiger partial charge >= 0.3 is 0 Å². The Morgan fingerprint density at radius 2 is 2.22 bits per heavy atom. The lowest BCUT2D eigenvalue weighted by Crippen LogP contribution is -2.32. The highest BCUT2D eigenvalue weighted by Crippen LogP contribution is 2.27. The number of rotatable bonds is 3.